The van der Waals surface area contributed by atoms with E-state index >= 15 is 0 Å². The quantitative estimate of drug-likeness (QED) is 0.492. The van der Waals surface area contributed by atoms with Crippen LogP contribution in [0.25, 0.3) is 0 Å². The van der Waals surface area contributed by atoms with Crippen molar-refractivity contribution in [3.8, 4) is 0 Å². The molecule has 1 saturated heterocycles. The number of furan rings is 1. The van der Waals surface area contributed by atoms with Crippen LogP contribution in [0.1, 0.15) is 60.7 Å². The molecule has 1 aliphatic heterocycles. The fraction of sp³-hybridized carbons (Fsp3) is 0.433. The summed E-state index contributed by atoms with van der Waals surface area (Å²) in [5.41, 5.74) is 0.627. The fourth-order valence-corrected chi connectivity index (χ4v) is 7.03. The lowest BCUT2D eigenvalue weighted by Crippen LogP contribution is -2.60. The number of carbonyl (C=O) groups is 3. The lowest BCUT2D eigenvalue weighted by atomic mass is 9.44. The van der Waals surface area contributed by atoms with Gasteiger partial charge in [-0.3, -0.25) is 9.59 Å². The molecule has 2 fully saturated rings. The molecule has 6 atom stereocenters. The second kappa shape index (κ2) is 9.05. The molecule has 0 bridgehead atoms. The molecule has 0 N–H and O–H groups in total. The van der Waals surface area contributed by atoms with Crippen LogP contribution in [-0.2, 0) is 23.8 Å². The van der Waals surface area contributed by atoms with Gasteiger partial charge in [-0.2, -0.15) is 0 Å². The number of ether oxygens (including phenoxy) is 3. The highest BCUT2D eigenvalue weighted by atomic mass is 16.5. The molecule has 2 heterocycles. The number of aryl methyl sites for hydroxylation is 1. The molecule has 5 rings (SSSR count). The molecular formula is C30H32O7. The summed E-state index contributed by atoms with van der Waals surface area (Å²) in [6.07, 6.45) is 6.21. The molecule has 1 saturated carbocycles. The number of carbonyl (C=O) groups excluding carboxylic acids is 3. The first-order valence-electron chi connectivity index (χ1n) is 12.6. The van der Waals surface area contributed by atoms with Gasteiger partial charge in [0.1, 0.15) is 6.10 Å². The van der Waals surface area contributed by atoms with E-state index in [0.29, 0.717) is 30.6 Å². The minimum Gasteiger partial charge on any atom is -0.490 e. The fourth-order valence-electron chi connectivity index (χ4n) is 7.03. The average Bonchev–Trinajstić information content (AvgIpc) is 3.40. The van der Waals surface area contributed by atoms with Crippen molar-refractivity contribution in [1.29, 1.82) is 0 Å². The highest BCUT2D eigenvalue weighted by Gasteiger charge is 2.65. The smallest absolute Gasteiger partial charge is 0.343 e. The Balaban J connectivity index is 1.58. The number of hydrogen-bond donors (Lipinski definition) is 0. The summed E-state index contributed by atoms with van der Waals surface area (Å²) < 4.78 is 22.4. The first kappa shape index (κ1) is 25.1. The molecule has 7 heteroatoms. The van der Waals surface area contributed by atoms with Crippen molar-refractivity contribution >= 4 is 17.7 Å². The molecule has 2 aliphatic carbocycles. The Hall–Kier alpha value is -3.61. The molecule has 1 aromatic carbocycles. The van der Waals surface area contributed by atoms with Gasteiger partial charge in [-0.05, 0) is 60.8 Å². The molecule has 3 aliphatic rings. The predicted molar refractivity (Wildman–Crippen MR) is 134 cm³/mol. The zero-order valence-electron chi connectivity index (χ0n) is 21.6. The van der Waals surface area contributed by atoms with Gasteiger partial charge in [-0.1, -0.05) is 38.6 Å². The van der Waals surface area contributed by atoms with Crippen LogP contribution in [0.15, 0.2) is 71.4 Å². The van der Waals surface area contributed by atoms with Gasteiger partial charge >= 0.3 is 11.9 Å². The van der Waals surface area contributed by atoms with Crippen LogP contribution in [0.2, 0.25) is 0 Å². The van der Waals surface area contributed by atoms with Crippen LogP contribution in [-0.4, -0.2) is 24.8 Å². The summed E-state index contributed by atoms with van der Waals surface area (Å²) in [5, 5.41) is 0. The van der Waals surface area contributed by atoms with Crippen LogP contribution in [0.4, 0.5) is 0 Å². The number of benzene rings is 1. The van der Waals surface area contributed by atoms with Crippen LogP contribution in [0.3, 0.4) is 0 Å². The highest BCUT2D eigenvalue weighted by Crippen LogP contribution is 2.66. The summed E-state index contributed by atoms with van der Waals surface area (Å²) in [6.45, 7) is 10.1. The third-order valence-corrected chi connectivity index (χ3v) is 8.87. The third-order valence-electron chi connectivity index (χ3n) is 8.87. The van der Waals surface area contributed by atoms with Gasteiger partial charge in [0.05, 0.1) is 36.9 Å². The lowest BCUT2D eigenvalue weighted by molar-refractivity contribution is -0.174. The second-order valence-corrected chi connectivity index (χ2v) is 11.0. The van der Waals surface area contributed by atoms with Crippen LogP contribution >= 0.6 is 0 Å². The van der Waals surface area contributed by atoms with Gasteiger partial charge < -0.3 is 18.6 Å². The molecule has 0 unspecified atom stereocenters. The Morgan fingerprint density at radius 2 is 1.89 bits per heavy atom. The van der Waals surface area contributed by atoms with Gasteiger partial charge in [-0.15, -0.1) is 0 Å². The van der Waals surface area contributed by atoms with Crippen molar-refractivity contribution in [2.24, 2.45) is 28.6 Å². The molecule has 0 spiro atoms. The molecule has 2 aromatic rings. The van der Waals surface area contributed by atoms with Gasteiger partial charge in [0.15, 0.2) is 5.76 Å². The van der Waals surface area contributed by atoms with E-state index in [1.54, 1.807) is 37.6 Å². The number of allylic oxidation sites excluding steroid dienone is 2. The molecule has 194 valence electrons. The van der Waals surface area contributed by atoms with Crippen LogP contribution in [0.5, 0.6) is 0 Å². The second-order valence-electron chi connectivity index (χ2n) is 11.0. The first-order valence-corrected chi connectivity index (χ1v) is 12.6. The van der Waals surface area contributed by atoms with Crippen molar-refractivity contribution < 1.29 is 33.0 Å². The summed E-state index contributed by atoms with van der Waals surface area (Å²) in [4.78, 5) is 40.5. The number of esters is 2. The van der Waals surface area contributed by atoms with Gasteiger partial charge in [0, 0.05) is 17.4 Å². The van der Waals surface area contributed by atoms with Crippen LogP contribution < -0.4 is 0 Å². The number of rotatable bonds is 4. The largest absolute Gasteiger partial charge is 0.490 e. The Morgan fingerprint density at radius 3 is 2.57 bits per heavy atom. The zero-order chi connectivity index (χ0) is 26.5. The van der Waals surface area contributed by atoms with Crippen molar-refractivity contribution in [2.75, 3.05) is 7.11 Å². The predicted octanol–water partition coefficient (Wildman–Crippen LogP) is 5.71. The van der Waals surface area contributed by atoms with E-state index in [-0.39, 0.29) is 23.6 Å². The minimum absolute atomic E-state index is 0.0950. The van der Waals surface area contributed by atoms with E-state index < -0.39 is 34.6 Å². The number of hydrogen-bond acceptors (Lipinski definition) is 7. The average molecular weight is 505 g/mol. The van der Waals surface area contributed by atoms with Crippen LogP contribution in [0, 0.1) is 35.5 Å². The van der Waals surface area contributed by atoms with Gasteiger partial charge in [-0.25, -0.2) is 4.79 Å². The van der Waals surface area contributed by atoms with E-state index in [0.717, 1.165) is 11.1 Å². The summed E-state index contributed by atoms with van der Waals surface area (Å²) in [6, 6.07) is 8.87. The molecular weight excluding hydrogens is 472 g/mol. The molecule has 37 heavy (non-hydrogen) atoms. The van der Waals surface area contributed by atoms with E-state index in [2.05, 4.69) is 13.5 Å². The molecule has 0 radical (unpaired) electrons. The SMILES string of the molecule is C=C1O[C@H](c2ccoc2)C[C@]2(C)[C@H]3C(=O)C(OC(=O)c4ccccc4C)=C[C@@H](C(=O)OC)[C@]3(C)CC[C@@H]12. The maximum absolute atomic E-state index is 14.2. The van der Waals surface area contributed by atoms with E-state index in [9.17, 15) is 14.4 Å². The van der Waals surface area contributed by atoms with Crippen molar-refractivity contribution in [2.45, 2.75) is 46.1 Å². The summed E-state index contributed by atoms with van der Waals surface area (Å²) in [5.74, 6) is -2.32. The summed E-state index contributed by atoms with van der Waals surface area (Å²) >= 11 is 0. The van der Waals surface area contributed by atoms with Crippen molar-refractivity contribution in [3.05, 3.63) is 83.7 Å². The highest BCUT2D eigenvalue weighted by molar-refractivity contribution is 6.03. The summed E-state index contributed by atoms with van der Waals surface area (Å²) in [7, 11) is 1.34. The van der Waals surface area contributed by atoms with E-state index in [1.165, 1.54) is 13.2 Å². The number of Topliss-reactive ketones (excluding diaryl/α,β-unsaturated/α-hetero) is 1. The zero-order valence-corrected chi connectivity index (χ0v) is 21.6. The molecule has 1 aromatic heterocycles. The van der Waals surface area contributed by atoms with Gasteiger partial charge in [0.25, 0.3) is 0 Å². The topological polar surface area (TPSA) is 92.0 Å². The van der Waals surface area contributed by atoms with E-state index in [4.69, 9.17) is 18.6 Å². The number of fused-ring (bicyclic) bond motifs is 3. The Morgan fingerprint density at radius 1 is 1.14 bits per heavy atom. The first-order chi connectivity index (χ1) is 17.6. The third kappa shape index (κ3) is 3.92. The maximum Gasteiger partial charge on any atom is 0.343 e. The van der Waals surface area contributed by atoms with E-state index in [1.807, 2.05) is 19.1 Å². The normalized spacial score (nSPS) is 32.9. The van der Waals surface area contributed by atoms with Crippen molar-refractivity contribution in [3.63, 3.8) is 0 Å². The molecule has 7 nitrogen and oxygen atoms in total. The van der Waals surface area contributed by atoms with Crippen molar-refractivity contribution in [1.82, 2.24) is 0 Å². The molecule has 0 amide bonds. The standard InChI is InChI=1S/C30H32O7/c1-17-8-6-7-9-20(17)27(32)37-23-14-22(28(33)34-5)29(3)12-10-21-18(2)36-24(19-11-13-35-16-19)15-30(21,4)26(29)25(23)31/h6-9,11,13-14,16,21-22,24,26H,2,10,12,15H2,1,3-5H3/t21-,22-,24-,26-,29-,30-/m0/s1. The Kier molecular flexibility index (Phi) is 6.13. The number of ketones is 1. The maximum atomic E-state index is 14.2. The number of methoxy groups -OCH3 is 1. The Labute approximate surface area is 216 Å². The minimum atomic E-state index is -0.749. The Bertz CT molecular complexity index is 1290. The van der Waals surface area contributed by atoms with Gasteiger partial charge in [0.2, 0.25) is 5.78 Å². The lowest BCUT2D eigenvalue weighted by Gasteiger charge is -2.60. The monoisotopic (exact) mass is 504 g/mol.